The Balaban J connectivity index is 1.53. The van der Waals surface area contributed by atoms with Crippen LogP contribution in [0, 0.1) is 0 Å². The van der Waals surface area contributed by atoms with E-state index in [1.165, 1.54) is 16.5 Å². The van der Waals surface area contributed by atoms with Gasteiger partial charge in [-0.3, -0.25) is 4.57 Å². The summed E-state index contributed by atoms with van der Waals surface area (Å²) in [6.07, 6.45) is 0. The lowest BCUT2D eigenvalue weighted by atomic mass is 9.94. The zero-order valence-corrected chi connectivity index (χ0v) is 23.3. The number of fused-ring (bicyclic) bond motifs is 3. The fraction of sp³-hybridized carbons (Fsp3) is 0. The van der Waals surface area contributed by atoms with E-state index in [4.69, 9.17) is 15.0 Å². The molecule has 0 atom stereocenters. The van der Waals surface area contributed by atoms with Crippen molar-refractivity contribution in [3.63, 3.8) is 0 Å². The lowest BCUT2D eigenvalue weighted by molar-refractivity contribution is 0.954. The molecule has 0 saturated carbocycles. The van der Waals surface area contributed by atoms with Crippen molar-refractivity contribution in [1.82, 2.24) is 19.5 Å². The van der Waals surface area contributed by atoms with Gasteiger partial charge in [0.15, 0.2) is 11.6 Å². The second-order valence-corrected chi connectivity index (χ2v) is 10.5. The van der Waals surface area contributed by atoms with Gasteiger partial charge in [0, 0.05) is 27.5 Å². The molecular formula is C39H26N4. The number of hydrogen-bond donors (Lipinski definition) is 0. The standard InChI is InChI=1S/C39H26N4/c1-5-15-27(16-6-1)31-25-26-32(28-17-7-2-8-18-28)36-35(31)33-23-13-14-24-34(33)43(36)39-41-37(29-19-9-3-10-20-29)40-38(42-39)30-21-11-4-12-22-30/h1-26H. The lowest BCUT2D eigenvalue weighted by Crippen LogP contribution is -2.07. The first-order chi connectivity index (χ1) is 21.3. The topological polar surface area (TPSA) is 43.6 Å². The van der Waals surface area contributed by atoms with Crippen LogP contribution in [0.1, 0.15) is 0 Å². The van der Waals surface area contributed by atoms with E-state index in [9.17, 15) is 0 Å². The zero-order valence-electron chi connectivity index (χ0n) is 23.3. The summed E-state index contributed by atoms with van der Waals surface area (Å²) in [4.78, 5) is 15.3. The fourth-order valence-corrected chi connectivity index (χ4v) is 5.91. The van der Waals surface area contributed by atoms with Gasteiger partial charge in [0.1, 0.15) is 0 Å². The molecule has 0 N–H and O–H groups in total. The van der Waals surface area contributed by atoms with Crippen LogP contribution in [-0.2, 0) is 0 Å². The molecule has 0 aliphatic carbocycles. The molecule has 0 bridgehead atoms. The van der Waals surface area contributed by atoms with E-state index in [2.05, 4.69) is 102 Å². The predicted octanol–water partition coefficient (Wildman–Crippen LogP) is 9.64. The van der Waals surface area contributed by atoms with E-state index in [-0.39, 0.29) is 0 Å². The van der Waals surface area contributed by atoms with Crippen LogP contribution in [0.2, 0.25) is 0 Å². The predicted molar refractivity (Wildman–Crippen MR) is 176 cm³/mol. The summed E-state index contributed by atoms with van der Waals surface area (Å²) in [7, 11) is 0. The molecule has 0 unspecified atom stereocenters. The van der Waals surface area contributed by atoms with E-state index < -0.39 is 0 Å². The van der Waals surface area contributed by atoms with E-state index in [0.29, 0.717) is 17.6 Å². The van der Waals surface area contributed by atoms with Gasteiger partial charge in [0.2, 0.25) is 5.95 Å². The van der Waals surface area contributed by atoms with Gasteiger partial charge >= 0.3 is 0 Å². The molecule has 0 aliphatic heterocycles. The molecule has 2 heterocycles. The van der Waals surface area contributed by atoms with Gasteiger partial charge in [-0.1, -0.05) is 152 Å². The molecule has 2 aromatic heterocycles. The minimum atomic E-state index is 0.585. The highest BCUT2D eigenvalue weighted by atomic mass is 15.2. The van der Waals surface area contributed by atoms with Crippen molar-refractivity contribution in [2.45, 2.75) is 0 Å². The second-order valence-electron chi connectivity index (χ2n) is 10.5. The van der Waals surface area contributed by atoms with Gasteiger partial charge in [0.25, 0.3) is 0 Å². The average Bonchev–Trinajstić information content (AvgIpc) is 3.45. The van der Waals surface area contributed by atoms with Crippen molar-refractivity contribution in [2.75, 3.05) is 0 Å². The average molecular weight is 551 g/mol. The van der Waals surface area contributed by atoms with E-state index >= 15 is 0 Å². The third-order valence-corrected chi connectivity index (χ3v) is 7.87. The summed E-state index contributed by atoms with van der Waals surface area (Å²) >= 11 is 0. The molecule has 0 amide bonds. The molecule has 0 fully saturated rings. The van der Waals surface area contributed by atoms with Gasteiger partial charge in [0.05, 0.1) is 11.0 Å². The number of benzene rings is 6. The van der Waals surface area contributed by atoms with Gasteiger partial charge in [-0.25, -0.2) is 4.98 Å². The molecule has 4 heteroatoms. The summed E-state index contributed by atoms with van der Waals surface area (Å²) in [5.74, 6) is 1.85. The summed E-state index contributed by atoms with van der Waals surface area (Å²) in [5, 5.41) is 2.32. The highest BCUT2D eigenvalue weighted by molar-refractivity contribution is 6.19. The fourth-order valence-electron chi connectivity index (χ4n) is 5.91. The SMILES string of the molecule is c1ccc(-c2nc(-c3ccccc3)nc(-n3c4ccccc4c4c(-c5ccccc5)ccc(-c5ccccc5)c43)n2)cc1. The summed E-state index contributed by atoms with van der Waals surface area (Å²) in [6, 6.07) is 54.4. The van der Waals surface area contributed by atoms with Crippen LogP contribution in [-0.4, -0.2) is 19.5 Å². The van der Waals surface area contributed by atoms with Gasteiger partial charge in [-0.2, -0.15) is 9.97 Å². The van der Waals surface area contributed by atoms with Crippen molar-refractivity contribution in [1.29, 1.82) is 0 Å². The normalized spacial score (nSPS) is 11.3. The van der Waals surface area contributed by atoms with E-state index in [0.717, 1.165) is 38.7 Å². The number of rotatable bonds is 5. The second kappa shape index (κ2) is 10.5. The molecule has 0 spiro atoms. The van der Waals surface area contributed by atoms with Crippen molar-refractivity contribution < 1.29 is 0 Å². The van der Waals surface area contributed by atoms with Crippen LogP contribution in [0.25, 0.3) is 72.8 Å². The maximum Gasteiger partial charge on any atom is 0.238 e. The number of aromatic nitrogens is 4. The first-order valence-corrected chi connectivity index (χ1v) is 14.4. The summed E-state index contributed by atoms with van der Waals surface area (Å²) in [6.45, 7) is 0. The molecule has 202 valence electrons. The monoisotopic (exact) mass is 550 g/mol. The molecule has 0 saturated heterocycles. The van der Waals surface area contributed by atoms with Crippen LogP contribution < -0.4 is 0 Å². The number of hydrogen-bond acceptors (Lipinski definition) is 3. The van der Waals surface area contributed by atoms with Crippen molar-refractivity contribution in [3.05, 3.63) is 158 Å². The molecule has 0 radical (unpaired) electrons. The quantitative estimate of drug-likeness (QED) is 0.214. The summed E-state index contributed by atoms with van der Waals surface area (Å²) in [5.41, 5.74) is 8.59. The lowest BCUT2D eigenvalue weighted by Gasteiger charge is -2.14. The van der Waals surface area contributed by atoms with Crippen LogP contribution >= 0.6 is 0 Å². The largest absolute Gasteiger partial charge is 0.277 e. The van der Waals surface area contributed by atoms with E-state index in [1.807, 2.05) is 60.7 Å². The van der Waals surface area contributed by atoms with Crippen LogP contribution in [0.3, 0.4) is 0 Å². The Morgan fingerprint density at radius 2 is 0.814 bits per heavy atom. The third-order valence-electron chi connectivity index (χ3n) is 7.87. The Labute approximate surface area is 249 Å². The molecule has 6 aromatic carbocycles. The Bertz CT molecular complexity index is 2150. The van der Waals surface area contributed by atoms with Crippen LogP contribution in [0.15, 0.2) is 158 Å². The zero-order chi connectivity index (χ0) is 28.6. The van der Waals surface area contributed by atoms with E-state index in [1.54, 1.807) is 0 Å². The highest BCUT2D eigenvalue weighted by Gasteiger charge is 2.22. The summed E-state index contributed by atoms with van der Waals surface area (Å²) < 4.78 is 2.22. The Morgan fingerprint density at radius 3 is 1.37 bits per heavy atom. The Hall–Kier alpha value is -5.87. The molecule has 0 aliphatic rings. The molecular weight excluding hydrogens is 524 g/mol. The molecule has 8 aromatic rings. The van der Waals surface area contributed by atoms with Crippen molar-refractivity contribution >= 4 is 21.8 Å². The van der Waals surface area contributed by atoms with Gasteiger partial charge < -0.3 is 0 Å². The van der Waals surface area contributed by atoms with Crippen molar-refractivity contribution in [3.8, 4) is 51.0 Å². The van der Waals surface area contributed by atoms with Gasteiger partial charge in [-0.15, -0.1) is 0 Å². The highest BCUT2D eigenvalue weighted by Crippen LogP contribution is 2.43. The first-order valence-electron chi connectivity index (χ1n) is 14.4. The molecule has 43 heavy (non-hydrogen) atoms. The smallest absolute Gasteiger partial charge is 0.238 e. The molecule has 8 rings (SSSR count). The minimum Gasteiger partial charge on any atom is -0.277 e. The number of nitrogens with zero attached hydrogens (tertiary/aromatic N) is 4. The van der Waals surface area contributed by atoms with Crippen LogP contribution in [0.5, 0.6) is 0 Å². The van der Waals surface area contributed by atoms with Gasteiger partial charge in [-0.05, 0) is 22.8 Å². The number of para-hydroxylation sites is 1. The Morgan fingerprint density at radius 1 is 0.372 bits per heavy atom. The minimum absolute atomic E-state index is 0.585. The van der Waals surface area contributed by atoms with Crippen LogP contribution in [0.4, 0.5) is 0 Å². The maximum absolute atomic E-state index is 5.15. The maximum atomic E-state index is 5.15. The Kier molecular flexibility index (Phi) is 6.08. The third kappa shape index (κ3) is 4.37. The molecule has 4 nitrogen and oxygen atoms in total. The first kappa shape index (κ1) is 24.9. The van der Waals surface area contributed by atoms with Crippen molar-refractivity contribution in [2.24, 2.45) is 0 Å².